The van der Waals surface area contributed by atoms with E-state index in [1.807, 2.05) is 36.4 Å². The van der Waals surface area contributed by atoms with Crippen LogP contribution in [0.4, 0.5) is 8.78 Å². The number of nitrogens with zero attached hydrogens (tertiary/aromatic N) is 1. The van der Waals surface area contributed by atoms with E-state index in [0.717, 1.165) is 12.0 Å². The summed E-state index contributed by atoms with van der Waals surface area (Å²) in [6, 6.07) is 16.5. The van der Waals surface area contributed by atoms with E-state index in [2.05, 4.69) is 5.32 Å². The first kappa shape index (κ1) is 22.0. The fourth-order valence-electron chi connectivity index (χ4n) is 2.86. The van der Waals surface area contributed by atoms with Crippen molar-refractivity contribution in [1.82, 2.24) is 5.32 Å². The van der Waals surface area contributed by atoms with Crippen LogP contribution < -0.4 is 11.1 Å². The van der Waals surface area contributed by atoms with Crippen LogP contribution in [0.3, 0.4) is 0 Å². The molecule has 0 saturated heterocycles. The molecule has 0 bridgehead atoms. The van der Waals surface area contributed by atoms with Crippen LogP contribution in [0.15, 0.2) is 54.6 Å². The Morgan fingerprint density at radius 1 is 1.14 bits per heavy atom. The van der Waals surface area contributed by atoms with Gasteiger partial charge in [-0.1, -0.05) is 48.5 Å². The quantitative estimate of drug-likeness (QED) is 0.643. The summed E-state index contributed by atoms with van der Waals surface area (Å²) in [4.78, 5) is 23.3. The molecule has 0 aliphatic rings. The second-order valence-corrected chi connectivity index (χ2v) is 6.68. The summed E-state index contributed by atoms with van der Waals surface area (Å²) in [7, 11) is 0. The fourth-order valence-corrected chi connectivity index (χ4v) is 2.86. The SMILES string of the molecule is N#C[C@H](CCc1ccccc1)NC(=O)[CH]CC(F)(F)Cc1ccccc1C(N)=O. The standard InChI is InChI=1S/C22H22F2N3O2/c23-22(24,14-17-8-4-5-9-19(17)21(26)29)13-12-20(28)27-18(15-25)11-10-16-6-2-1-3-7-16/h1-9,12,18H,10-11,13-14H2,(H2,26,29)(H,27,28)/t18-/m0/s1. The van der Waals surface area contributed by atoms with Gasteiger partial charge in [0.2, 0.25) is 11.8 Å². The number of rotatable bonds is 10. The molecule has 0 aliphatic heterocycles. The summed E-state index contributed by atoms with van der Waals surface area (Å²) in [6.07, 6.45) is 0.260. The molecule has 0 saturated carbocycles. The molecular weight excluding hydrogens is 376 g/mol. The molecule has 0 aliphatic carbocycles. The van der Waals surface area contributed by atoms with Gasteiger partial charge >= 0.3 is 0 Å². The van der Waals surface area contributed by atoms with Gasteiger partial charge in [0, 0.05) is 18.4 Å². The zero-order valence-corrected chi connectivity index (χ0v) is 15.8. The first-order valence-electron chi connectivity index (χ1n) is 9.13. The van der Waals surface area contributed by atoms with E-state index in [4.69, 9.17) is 5.73 Å². The number of aryl methyl sites for hydroxylation is 1. The maximum atomic E-state index is 14.3. The predicted octanol–water partition coefficient (Wildman–Crippen LogP) is 3.20. The molecule has 1 atom stereocenters. The van der Waals surface area contributed by atoms with Crippen molar-refractivity contribution < 1.29 is 18.4 Å². The van der Waals surface area contributed by atoms with Crippen LogP contribution in [-0.2, 0) is 17.6 Å². The van der Waals surface area contributed by atoms with E-state index in [1.165, 1.54) is 12.1 Å². The molecule has 0 fully saturated rings. The van der Waals surface area contributed by atoms with Gasteiger partial charge in [-0.2, -0.15) is 5.26 Å². The molecular formula is C22H22F2N3O2. The van der Waals surface area contributed by atoms with Gasteiger partial charge in [0.1, 0.15) is 6.04 Å². The summed E-state index contributed by atoms with van der Waals surface area (Å²) in [5, 5.41) is 11.6. The molecule has 0 aromatic heterocycles. The van der Waals surface area contributed by atoms with Crippen LogP contribution in [0.25, 0.3) is 0 Å². The highest BCUT2D eigenvalue weighted by molar-refractivity contribution is 5.94. The lowest BCUT2D eigenvalue weighted by Gasteiger charge is -2.18. The molecule has 0 spiro atoms. The third-order valence-electron chi connectivity index (χ3n) is 4.35. The van der Waals surface area contributed by atoms with Crippen LogP contribution in [0.1, 0.15) is 34.3 Å². The molecule has 2 aromatic rings. The normalized spacial score (nSPS) is 12.0. The van der Waals surface area contributed by atoms with Crippen LogP contribution in [0.2, 0.25) is 0 Å². The predicted molar refractivity (Wildman–Crippen MR) is 105 cm³/mol. The number of nitrogens with one attached hydrogen (secondary N) is 1. The van der Waals surface area contributed by atoms with Gasteiger partial charge in [0.05, 0.1) is 12.5 Å². The van der Waals surface area contributed by atoms with E-state index in [9.17, 15) is 23.6 Å². The number of halogens is 2. The number of primary amides is 1. The fraction of sp³-hybridized carbons (Fsp3) is 0.273. The number of alkyl halides is 2. The summed E-state index contributed by atoms with van der Waals surface area (Å²) >= 11 is 0. The number of carbonyl (C=O) groups is 2. The minimum atomic E-state index is -3.24. The molecule has 0 heterocycles. The van der Waals surface area contributed by atoms with Gasteiger partial charge in [-0.05, 0) is 30.0 Å². The molecule has 1 radical (unpaired) electrons. The lowest BCUT2D eigenvalue weighted by molar-refractivity contribution is -0.119. The third-order valence-corrected chi connectivity index (χ3v) is 4.35. The molecule has 2 aromatic carbocycles. The molecule has 2 rings (SSSR count). The highest BCUT2D eigenvalue weighted by Crippen LogP contribution is 2.26. The van der Waals surface area contributed by atoms with Gasteiger partial charge in [-0.15, -0.1) is 0 Å². The van der Waals surface area contributed by atoms with Crippen LogP contribution >= 0.6 is 0 Å². The average Bonchev–Trinajstić information content (AvgIpc) is 2.70. The van der Waals surface area contributed by atoms with E-state index in [1.54, 1.807) is 12.1 Å². The van der Waals surface area contributed by atoms with Crippen molar-refractivity contribution in [3.05, 3.63) is 77.7 Å². The van der Waals surface area contributed by atoms with Gasteiger partial charge < -0.3 is 11.1 Å². The molecule has 29 heavy (non-hydrogen) atoms. The Morgan fingerprint density at radius 2 is 1.79 bits per heavy atom. The highest BCUT2D eigenvalue weighted by Gasteiger charge is 2.31. The maximum absolute atomic E-state index is 14.3. The van der Waals surface area contributed by atoms with E-state index >= 15 is 0 Å². The summed E-state index contributed by atoms with van der Waals surface area (Å²) in [6.45, 7) is 0. The number of carbonyl (C=O) groups excluding carboxylic acids is 2. The van der Waals surface area contributed by atoms with Crippen LogP contribution in [-0.4, -0.2) is 23.8 Å². The lowest BCUT2D eigenvalue weighted by Crippen LogP contribution is -2.35. The first-order valence-corrected chi connectivity index (χ1v) is 9.13. The topological polar surface area (TPSA) is 96.0 Å². The maximum Gasteiger partial charge on any atom is 0.252 e. The largest absolute Gasteiger partial charge is 0.366 e. The lowest BCUT2D eigenvalue weighted by atomic mass is 9.98. The van der Waals surface area contributed by atoms with Crippen molar-refractivity contribution in [3.63, 3.8) is 0 Å². The summed E-state index contributed by atoms with van der Waals surface area (Å²) in [5.41, 5.74) is 6.38. The second-order valence-electron chi connectivity index (χ2n) is 6.68. The monoisotopic (exact) mass is 398 g/mol. The molecule has 0 unspecified atom stereocenters. The Morgan fingerprint density at radius 3 is 2.45 bits per heavy atom. The van der Waals surface area contributed by atoms with Gasteiger partial charge in [-0.25, -0.2) is 8.78 Å². The highest BCUT2D eigenvalue weighted by atomic mass is 19.3. The molecule has 7 heteroatoms. The van der Waals surface area contributed by atoms with E-state index in [0.29, 0.717) is 12.8 Å². The van der Waals surface area contributed by atoms with Gasteiger partial charge in [0.15, 0.2) is 0 Å². The number of hydrogen-bond acceptors (Lipinski definition) is 3. The Balaban J connectivity index is 1.85. The number of nitriles is 1. The van der Waals surface area contributed by atoms with E-state index in [-0.39, 0.29) is 11.1 Å². The minimum Gasteiger partial charge on any atom is -0.366 e. The minimum absolute atomic E-state index is 0.0297. The zero-order chi connectivity index (χ0) is 21.3. The van der Waals surface area contributed by atoms with Crippen molar-refractivity contribution in [2.45, 2.75) is 37.6 Å². The molecule has 151 valence electrons. The number of benzene rings is 2. The number of amides is 2. The summed E-state index contributed by atoms with van der Waals surface area (Å²) in [5.74, 6) is -4.75. The van der Waals surface area contributed by atoms with Crippen molar-refractivity contribution in [1.29, 1.82) is 5.26 Å². The van der Waals surface area contributed by atoms with Crippen molar-refractivity contribution >= 4 is 11.8 Å². The Labute approximate surface area is 168 Å². The molecule has 3 N–H and O–H groups in total. The Hall–Kier alpha value is -3.27. The van der Waals surface area contributed by atoms with Crippen molar-refractivity contribution in [3.8, 4) is 6.07 Å². The van der Waals surface area contributed by atoms with Crippen molar-refractivity contribution in [2.24, 2.45) is 5.73 Å². The zero-order valence-electron chi connectivity index (χ0n) is 15.8. The third kappa shape index (κ3) is 7.34. The number of nitrogens with two attached hydrogens (primary N) is 1. The van der Waals surface area contributed by atoms with Crippen LogP contribution in [0.5, 0.6) is 0 Å². The van der Waals surface area contributed by atoms with Crippen molar-refractivity contribution in [2.75, 3.05) is 0 Å². The van der Waals surface area contributed by atoms with Gasteiger partial charge in [0.25, 0.3) is 5.92 Å². The Kier molecular flexibility index (Phi) is 7.84. The average molecular weight is 398 g/mol. The van der Waals surface area contributed by atoms with Crippen LogP contribution in [0, 0.1) is 17.8 Å². The second kappa shape index (κ2) is 10.3. The Bertz CT molecular complexity index is 879. The smallest absolute Gasteiger partial charge is 0.252 e. The first-order chi connectivity index (χ1) is 13.8. The molecule has 2 amide bonds. The molecule has 5 nitrogen and oxygen atoms in total. The van der Waals surface area contributed by atoms with Gasteiger partial charge in [-0.3, -0.25) is 9.59 Å². The summed E-state index contributed by atoms with van der Waals surface area (Å²) < 4.78 is 28.5. The number of hydrogen-bond donors (Lipinski definition) is 2. The van der Waals surface area contributed by atoms with E-state index < -0.39 is 36.6 Å².